The number of ether oxygens (including phenoxy) is 1. The number of benzene rings is 1. The largest absolute Gasteiger partial charge is 0.496 e. The number of hydrogen-bond donors (Lipinski definition) is 1. The monoisotopic (exact) mass is 292 g/mol. The first-order chi connectivity index (χ1) is 10.0. The van der Waals surface area contributed by atoms with Gasteiger partial charge < -0.3 is 19.6 Å². The molecule has 21 heavy (non-hydrogen) atoms. The minimum atomic E-state index is -0.518. The standard InChI is InChI=1S/C17H28N2O2/c1-13(20)17-15(6-5-7-16(17)21-4)19-10-8-14(9-11-19)12-18(2)3/h5-7,13-14,20H,8-12H2,1-4H3/t13-/m1/s1. The Balaban J connectivity index is 2.13. The quantitative estimate of drug-likeness (QED) is 0.904. The Morgan fingerprint density at radius 1 is 1.33 bits per heavy atom. The summed E-state index contributed by atoms with van der Waals surface area (Å²) in [7, 11) is 5.94. The lowest BCUT2D eigenvalue weighted by Gasteiger charge is -2.36. The van der Waals surface area contributed by atoms with Crippen molar-refractivity contribution in [2.24, 2.45) is 5.92 Å². The Bertz CT molecular complexity index is 452. The van der Waals surface area contributed by atoms with Crippen molar-refractivity contribution in [2.75, 3.05) is 45.7 Å². The summed E-state index contributed by atoms with van der Waals surface area (Å²) in [5.41, 5.74) is 2.03. The van der Waals surface area contributed by atoms with Crippen LogP contribution in [0.5, 0.6) is 5.75 Å². The maximum atomic E-state index is 10.1. The molecule has 4 heteroatoms. The van der Waals surface area contributed by atoms with Gasteiger partial charge in [0, 0.05) is 30.9 Å². The minimum absolute atomic E-state index is 0.518. The zero-order valence-corrected chi connectivity index (χ0v) is 13.7. The highest BCUT2D eigenvalue weighted by Gasteiger charge is 2.24. The van der Waals surface area contributed by atoms with Crippen LogP contribution in [-0.2, 0) is 0 Å². The molecule has 4 nitrogen and oxygen atoms in total. The highest BCUT2D eigenvalue weighted by molar-refractivity contribution is 5.60. The van der Waals surface area contributed by atoms with Crippen LogP contribution in [0, 0.1) is 5.92 Å². The molecule has 0 radical (unpaired) electrons. The summed E-state index contributed by atoms with van der Waals surface area (Å²) in [5, 5.41) is 10.1. The summed E-state index contributed by atoms with van der Waals surface area (Å²) in [5.74, 6) is 1.55. The van der Waals surface area contributed by atoms with E-state index in [1.165, 1.54) is 12.8 Å². The zero-order chi connectivity index (χ0) is 15.4. The average Bonchev–Trinajstić information content (AvgIpc) is 2.46. The summed E-state index contributed by atoms with van der Waals surface area (Å²) >= 11 is 0. The first-order valence-electron chi connectivity index (χ1n) is 7.77. The number of hydrogen-bond acceptors (Lipinski definition) is 4. The van der Waals surface area contributed by atoms with Crippen molar-refractivity contribution in [1.82, 2.24) is 4.90 Å². The molecule has 0 bridgehead atoms. The van der Waals surface area contributed by atoms with Crippen molar-refractivity contribution in [3.63, 3.8) is 0 Å². The molecule has 0 saturated carbocycles. The van der Waals surface area contributed by atoms with E-state index >= 15 is 0 Å². The topological polar surface area (TPSA) is 35.9 Å². The fraction of sp³-hybridized carbons (Fsp3) is 0.647. The lowest BCUT2D eigenvalue weighted by atomic mass is 9.95. The molecule has 0 aromatic heterocycles. The van der Waals surface area contributed by atoms with Crippen LogP contribution in [0.25, 0.3) is 0 Å². The van der Waals surface area contributed by atoms with Gasteiger partial charge in [0.05, 0.1) is 13.2 Å². The molecule has 1 fully saturated rings. The van der Waals surface area contributed by atoms with E-state index in [-0.39, 0.29) is 0 Å². The van der Waals surface area contributed by atoms with E-state index in [4.69, 9.17) is 4.74 Å². The number of aliphatic hydroxyl groups excluding tert-OH is 1. The predicted molar refractivity (Wildman–Crippen MR) is 87.1 cm³/mol. The molecule has 1 saturated heterocycles. The maximum absolute atomic E-state index is 10.1. The van der Waals surface area contributed by atoms with Crippen molar-refractivity contribution >= 4 is 5.69 Å². The van der Waals surface area contributed by atoms with Crippen LogP contribution in [-0.4, -0.2) is 50.8 Å². The second kappa shape index (κ2) is 7.14. The van der Waals surface area contributed by atoms with E-state index in [0.29, 0.717) is 0 Å². The molecule has 1 aromatic rings. The summed E-state index contributed by atoms with van der Waals surface area (Å²) < 4.78 is 5.42. The maximum Gasteiger partial charge on any atom is 0.126 e. The van der Waals surface area contributed by atoms with Crippen molar-refractivity contribution < 1.29 is 9.84 Å². The summed E-state index contributed by atoms with van der Waals surface area (Å²) in [6.07, 6.45) is 1.89. The Morgan fingerprint density at radius 3 is 2.52 bits per heavy atom. The highest BCUT2D eigenvalue weighted by atomic mass is 16.5. The zero-order valence-electron chi connectivity index (χ0n) is 13.7. The van der Waals surface area contributed by atoms with Gasteiger partial charge in [0.15, 0.2) is 0 Å². The van der Waals surface area contributed by atoms with E-state index in [0.717, 1.165) is 42.6 Å². The Kier molecular flexibility index (Phi) is 5.48. The first kappa shape index (κ1) is 16.1. The first-order valence-corrected chi connectivity index (χ1v) is 7.77. The van der Waals surface area contributed by atoms with E-state index in [2.05, 4.69) is 30.0 Å². The lowest BCUT2D eigenvalue weighted by molar-refractivity contribution is 0.194. The van der Waals surface area contributed by atoms with Crippen LogP contribution >= 0.6 is 0 Å². The third-order valence-corrected chi connectivity index (χ3v) is 4.26. The second-order valence-electron chi connectivity index (χ2n) is 6.26. The molecule has 1 heterocycles. The highest BCUT2D eigenvalue weighted by Crippen LogP contribution is 2.36. The second-order valence-corrected chi connectivity index (χ2v) is 6.26. The Morgan fingerprint density at radius 2 is 2.00 bits per heavy atom. The van der Waals surface area contributed by atoms with Crippen molar-refractivity contribution in [1.29, 1.82) is 0 Å². The van der Waals surface area contributed by atoms with Crippen molar-refractivity contribution in [3.8, 4) is 5.75 Å². The van der Waals surface area contributed by atoms with Crippen LogP contribution in [0.4, 0.5) is 5.69 Å². The summed E-state index contributed by atoms with van der Waals surface area (Å²) in [6.45, 7) is 5.06. The van der Waals surface area contributed by atoms with Crippen LogP contribution in [0.1, 0.15) is 31.4 Å². The van der Waals surface area contributed by atoms with Gasteiger partial charge in [-0.05, 0) is 51.9 Å². The number of anilines is 1. The van der Waals surface area contributed by atoms with Crippen LogP contribution in [0.2, 0.25) is 0 Å². The van der Waals surface area contributed by atoms with Gasteiger partial charge in [-0.3, -0.25) is 0 Å². The van der Waals surface area contributed by atoms with Crippen LogP contribution in [0.15, 0.2) is 18.2 Å². The number of rotatable bonds is 5. The minimum Gasteiger partial charge on any atom is -0.496 e. The van der Waals surface area contributed by atoms with Gasteiger partial charge >= 0.3 is 0 Å². The molecular weight excluding hydrogens is 264 g/mol. The van der Waals surface area contributed by atoms with Gasteiger partial charge in [0.2, 0.25) is 0 Å². The molecule has 0 unspecified atom stereocenters. The van der Waals surface area contributed by atoms with Crippen molar-refractivity contribution in [2.45, 2.75) is 25.9 Å². The van der Waals surface area contributed by atoms with Gasteiger partial charge in [-0.25, -0.2) is 0 Å². The lowest BCUT2D eigenvalue weighted by Crippen LogP contribution is -2.37. The van der Waals surface area contributed by atoms with Gasteiger partial charge in [0.25, 0.3) is 0 Å². The van der Waals surface area contributed by atoms with E-state index in [1.807, 2.05) is 12.1 Å². The molecule has 1 N–H and O–H groups in total. The smallest absolute Gasteiger partial charge is 0.126 e. The van der Waals surface area contributed by atoms with Gasteiger partial charge in [0.1, 0.15) is 5.75 Å². The van der Waals surface area contributed by atoms with Crippen molar-refractivity contribution in [3.05, 3.63) is 23.8 Å². The molecule has 1 aliphatic rings. The van der Waals surface area contributed by atoms with Gasteiger partial charge in [-0.1, -0.05) is 6.07 Å². The molecule has 1 aliphatic heterocycles. The normalized spacial score (nSPS) is 18.1. The molecule has 0 aliphatic carbocycles. The fourth-order valence-electron chi connectivity index (χ4n) is 3.28. The van der Waals surface area contributed by atoms with E-state index in [1.54, 1.807) is 14.0 Å². The summed E-state index contributed by atoms with van der Waals surface area (Å²) in [6, 6.07) is 6.02. The molecular formula is C17H28N2O2. The molecule has 2 rings (SSSR count). The predicted octanol–water partition coefficient (Wildman–Crippen LogP) is 2.53. The SMILES string of the molecule is COc1cccc(N2CCC(CN(C)C)CC2)c1[C@@H](C)O. The van der Waals surface area contributed by atoms with Gasteiger partial charge in [-0.2, -0.15) is 0 Å². The van der Waals surface area contributed by atoms with E-state index < -0.39 is 6.10 Å². The Hall–Kier alpha value is -1.26. The molecule has 1 aromatic carbocycles. The molecule has 0 spiro atoms. The third-order valence-electron chi connectivity index (χ3n) is 4.26. The average molecular weight is 292 g/mol. The van der Waals surface area contributed by atoms with Gasteiger partial charge in [-0.15, -0.1) is 0 Å². The molecule has 1 atom stereocenters. The Labute approximate surface area is 128 Å². The van der Waals surface area contributed by atoms with Crippen LogP contribution in [0.3, 0.4) is 0 Å². The van der Waals surface area contributed by atoms with Crippen LogP contribution < -0.4 is 9.64 Å². The number of methoxy groups -OCH3 is 1. The molecule has 0 amide bonds. The summed E-state index contributed by atoms with van der Waals surface area (Å²) in [4.78, 5) is 4.66. The molecule has 118 valence electrons. The third kappa shape index (κ3) is 3.89. The number of nitrogens with zero attached hydrogens (tertiary/aromatic N) is 2. The fourth-order valence-corrected chi connectivity index (χ4v) is 3.28. The van der Waals surface area contributed by atoms with E-state index in [9.17, 15) is 5.11 Å². The number of piperidine rings is 1. The number of aliphatic hydroxyl groups is 1.